The van der Waals surface area contributed by atoms with Crippen LogP contribution >= 0.6 is 23.2 Å². The van der Waals surface area contributed by atoms with Gasteiger partial charge in [-0.2, -0.15) is 9.41 Å². The van der Waals surface area contributed by atoms with Crippen LogP contribution in [0.3, 0.4) is 0 Å². The van der Waals surface area contributed by atoms with Gasteiger partial charge in [0.1, 0.15) is 16.4 Å². The Bertz CT molecular complexity index is 1300. The third-order valence-electron chi connectivity index (χ3n) is 4.89. The lowest BCUT2D eigenvalue weighted by Crippen LogP contribution is -2.39. The Morgan fingerprint density at radius 1 is 1.00 bits per heavy atom. The van der Waals surface area contributed by atoms with E-state index in [-0.39, 0.29) is 17.2 Å². The van der Waals surface area contributed by atoms with E-state index in [9.17, 15) is 13.2 Å². The Labute approximate surface area is 214 Å². The fourth-order valence-electron chi connectivity index (χ4n) is 3.14. The maximum absolute atomic E-state index is 13.6. The predicted molar refractivity (Wildman–Crippen MR) is 136 cm³/mol. The number of ether oxygens (including phenoxy) is 2. The molecule has 0 saturated carbocycles. The number of rotatable bonds is 10. The first-order valence-electron chi connectivity index (χ1n) is 10.3. The molecule has 1 amide bonds. The smallest absolute Gasteiger partial charge is 0.255 e. The van der Waals surface area contributed by atoms with E-state index in [0.717, 1.165) is 4.31 Å². The van der Waals surface area contributed by atoms with Crippen LogP contribution in [0.2, 0.25) is 10.0 Å². The molecule has 3 rings (SSSR count). The molecule has 184 valence electrons. The van der Waals surface area contributed by atoms with Gasteiger partial charge in [-0.1, -0.05) is 59.6 Å². The van der Waals surface area contributed by atoms with Crippen molar-refractivity contribution >= 4 is 45.3 Å². The number of hydrazone groups is 1. The molecule has 0 unspecified atom stereocenters. The van der Waals surface area contributed by atoms with E-state index >= 15 is 0 Å². The average Bonchev–Trinajstić information content (AvgIpc) is 2.85. The van der Waals surface area contributed by atoms with E-state index in [1.54, 1.807) is 48.5 Å². The fourth-order valence-corrected chi connectivity index (χ4v) is 5.19. The number of nitrogens with zero attached hydrogens (tertiary/aromatic N) is 2. The largest absolute Gasteiger partial charge is 0.497 e. The summed E-state index contributed by atoms with van der Waals surface area (Å²) in [6.07, 6.45) is 1.30. The maximum Gasteiger partial charge on any atom is 0.255 e. The van der Waals surface area contributed by atoms with Crippen molar-refractivity contribution in [3.05, 3.63) is 87.9 Å². The zero-order valence-electron chi connectivity index (χ0n) is 18.9. The lowest BCUT2D eigenvalue weighted by Gasteiger charge is -2.23. The number of hydrogen-bond donors (Lipinski definition) is 1. The van der Waals surface area contributed by atoms with Gasteiger partial charge in [0, 0.05) is 18.2 Å². The highest BCUT2D eigenvalue weighted by atomic mass is 35.5. The molecule has 0 atom stereocenters. The Morgan fingerprint density at radius 2 is 1.69 bits per heavy atom. The summed E-state index contributed by atoms with van der Waals surface area (Å²) < 4.78 is 38.8. The molecule has 0 aliphatic carbocycles. The molecule has 0 aliphatic heterocycles. The normalized spacial score (nSPS) is 11.6. The average molecular weight is 536 g/mol. The van der Waals surface area contributed by atoms with E-state index in [2.05, 4.69) is 10.5 Å². The molecule has 0 heterocycles. The molecule has 0 spiro atoms. The standard InChI is InChI=1S/C24H23Cl2N3O5S/c1-33-18-11-12-22(34-2)23(13-18)35(31,32)29(15-17-7-4-3-5-8-17)16-24(30)28-27-14-19-20(25)9-6-10-21(19)26/h3-14H,15-16H2,1-2H3,(H,28,30)/b27-14+. The van der Waals surface area contributed by atoms with Crippen molar-refractivity contribution in [1.82, 2.24) is 9.73 Å². The second-order valence-corrected chi connectivity index (χ2v) is 9.92. The monoisotopic (exact) mass is 535 g/mol. The van der Waals surface area contributed by atoms with Crippen molar-refractivity contribution in [2.45, 2.75) is 11.4 Å². The number of benzene rings is 3. The number of carbonyl (C=O) groups excluding carboxylic acids is 1. The van der Waals surface area contributed by atoms with Crippen LogP contribution in [-0.4, -0.2) is 45.6 Å². The number of hydrogen-bond acceptors (Lipinski definition) is 6. The van der Waals surface area contributed by atoms with Crippen LogP contribution in [0.1, 0.15) is 11.1 Å². The van der Waals surface area contributed by atoms with E-state index in [0.29, 0.717) is 26.9 Å². The lowest BCUT2D eigenvalue weighted by atomic mass is 10.2. The molecule has 1 N–H and O–H groups in total. The van der Waals surface area contributed by atoms with Crippen molar-refractivity contribution < 1.29 is 22.7 Å². The van der Waals surface area contributed by atoms with Crippen molar-refractivity contribution in [2.75, 3.05) is 20.8 Å². The molecule has 0 fully saturated rings. The van der Waals surface area contributed by atoms with E-state index in [1.165, 1.54) is 32.6 Å². The van der Waals surface area contributed by atoms with Gasteiger partial charge < -0.3 is 9.47 Å². The van der Waals surface area contributed by atoms with Crippen molar-refractivity contribution in [3.8, 4) is 11.5 Å². The molecule has 11 heteroatoms. The quantitative estimate of drug-likeness (QED) is 0.307. The van der Waals surface area contributed by atoms with Crippen LogP contribution in [0.25, 0.3) is 0 Å². The second kappa shape index (κ2) is 12.0. The molecule has 3 aromatic rings. The molecule has 0 aliphatic rings. The molecule has 0 radical (unpaired) electrons. The molecule has 3 aromatic carbocycles. The lowest BCUT2D eigenvalue weighted by molar-refractivity contribution is -0.121. The van der Waals surface area contributed by atoms with Crippen LogP contribution in [0.15, 0.2) is 76.7 Å². The topological polar surface area (TPSA) is 97.3 Å². The van der Waals surface area contributed by atoms with Crippen LogP contribution < -0.4 is 14.9 Å². The van der Waals surface area contributed by atoms with Crippen LogP contribution in [0, 0.1) is 0 Å². The van der Waals surface area contributed by atoms with Crippen LogP contribution in [-0.2, 0) is 21.4 Å². The third kappa shape index (κ3) is 6.73. The SMILES string of the molecule is COc1ccc(OC)c(S(=O)(=O)N(CC(=O)N/N=C/c2c(Cl)cccc2Cl)Cc2ccccc2)c1. The first-order valence-corrected chi connectivity index (χ1v) is 12.5. The molecule has 0 bridgehead atoms. The Balaban J connectivity index is 1.89. The molecular weight excluding hydrogens is 513 g/mol. The maximum atomic E-state index is 13.6. The van der Waals surface area contributed by atoms with Crippen LogP contribution in [0.4, 0.5) is 0 Å². The van der Waals surface area contributed by atoms with Crippen LogP contribution in [0.5, 0.6) is 11.5 Å². The summed E-state index contributed by atoms with van der Waals surface area (Å²) in [5, 5.41) is 4.59. The number of carbonyl (C=O) groups is 1. The second-order valence-electron chi connectivity index (χ2n) is 7.20. The summed E-state index contributed by atoms with van der Waals surface area (Å²) in [5.41, 5.74) is 3.44. The number of sulfonamides is 1. The Hall–Kier alpha value is -3.11. The van der Waals surface area contributed by atoms with Gasteiger partial charge in [-0.05, 0) is 29.8 Å². The summed E-state index contributed by atoms with van der Waals surface area (Å²) >= 11 is 12.2. The minimum atomic E-state index is -4.19. The highest BCUT2D eigenvalue weighted by Crippen LogP contribution is 2.31. The van der Waals surface area contributed by atoms with Gasteiger partial charge in [0.05, 0.1) is 37.0 Å². The summed E-state index contributed by atoms with van der Waals surface area (Å²) in [7, 11) is -1.39. The van der Waals surface area contributed by atoms with Crippen molar-refractivity contribution in [2.24, 2.45) is 5.10 Å². The van der Waals surface area contributed by atoms with Crippen molar-refractivity contribution in [3.63, 3.8) is 0 Å². The predicted octanol–water partition coefficient (Wildman–Crippen LogP) is 4.35. The first kappa shape index (κ1) is 26.5. The van der Waals surface area contributed by atoms with E-state index in [1.807, 2.05) is 6.07 Å². The molecule has 0 saturated heterocycles. The summed E-state index contributed by atoms with van der Waals surface area (Å²) in [6.45, 7) is -0.567. The third-order valence-corrected chi connectivity index (χ3v) is 7.36. The number of nitrogens with one attached hydrogen (secondary N) is 1. The highest BCUT2D eigenvalue weighted by molar-refractivity contribution is 7.89. The number of amides is 1. The van der Waals surface area contributed by atoms with Gasteiger partial charge in [-0.15, -0.1) is 0 Å². The Kier molecular flexibility index (Phi) is 9.11. The Morgan fingerprint density at radius 3 is 2.31 bits per heavy atom. The van der Waals surface area contributed by atoms with Gasteiger partial charge >= 0.3 is 0 Å². The molecule has 35 heavy (non-hydrogen) atoms. The van der Waals surface area contributed by atoms with Gasteiger partial charge in [0.2, 0.25) is 10.0 Å². The zero-order valence-corrected chi connectivity index (χ0v) is 21.3. The minimum Gasteiger partial charge on any atom is -0.497 e. The van der Waals surface area contributed by atoms with Crippen molar-refractivity contribution in [1.29, 1.82) is 0 Å². The number of methoxy groups -OCH3 is 2. The zero-order chi connectivity index (χ0) is 25.4. The van der Waals surface area contributed by atoms with Gasteiger partial charge in [-0.25, -0.2) is 13.8 Å². The minimum absolute atomic E-state index is 0.0585. The molecule has 0 aromatic heterocycles. The highest BCUT2D eigenvalue weighted by Gasteiger charge is 2.30. The van der Waals surface area contributed by atoms with Gasteiger partial charge in [0.25, 0.3) is 5.91 Å². The summed E-state index contributed by atoms with van der Waals surface area (Å²) in [6, 6.07) is 18.3. The first-order chi connectivity index (χ1) is 16.8. The summed E-state index contributed by atoms with van der Waals surface area (Å²) in [4.78, 5) is 12.6. The van der Waals surface area contributed by atoms with E-state index < -0.39 is 22.5 Å². The summed E-state index contributed by atoms with van der Waals surface area (Å²) in [5.74, 6) is -0.212. The van der Waals surface area contributed by atoms with Gasteiger partial charge in [0.15, 0.2) is 0 Å². The molecular formula is C24H23Cl2N3O5S. The van der Waals surface area contributed by atoms with E-state index in [4.69, 9.17) is 32.7 Å². The van der Waals surface area contributed by atoms with Gasteiger partial charge in [-0.3, -0.25) is 4.79 Å². The molecule has 8 nitrogen and oxygen atoms in total. The number of halogens is 2. The fraction of sp³-hybridized carbons (Fsp3) is 0.167.